The summed E-state index contributed by atoms with van der Waals surface area (Å²) < 4.78 is 29.2. The van der Waals surface area contributed by atoms with Crippen LogP contribution in [0.1, 0.15) is 82.1 Å². The number of rotatable bonds is 6. The Morgan fingerprint density at radius 2 is 1.57 bits per heavy atom. The van der Waals surface area contributed by atoms with Crippen LogP contribution in [-0.2, 0) is 38.1 Å². The molecule has 0 amide bonds. The predicted octanol–water partition coefficient (Wildman–Crippen LogP) is 2.01. The van der Waals surface area contributed by atoms with Crippen molar-refractivity contribution in [1.29, 1.82) is 0 Å². The van der Waals surface area contributed by atoms with E-state index < -0.39 is 108 Å². The minimum Gasteiger partial charge on any atom is -0.461 e. The summed E-state index contributed by atoms with van der Waals surface area (Å²) in [6.07, 6.45) is -8.11. The van der Waals surface area contributed by atoms with E-state index >= 15 is 0 Å². The van der Waals surface area contributed by atoms with Gasteiger partial charge < -0.3 is 44.1 Å². The normalized spacial score (nSPS) is 44.7. The molecule has 4 N–H and O–H groups in total. The lowest BCUT2D eigenvalue weighted by Crippen LogP contribution is -2.55. The molecule has 2 fully saturated rings. The van der Waals surface area contributed by atoms with Gasteiger partial charge in [-0.25, -0.2) is 0 Å². The van der Waals surface area contributed by atoms with E-state index in [0.29, 0.717) is 6.42 Å². The van der Waals surface area contributed by atoms with Gasteiger partial charge in [0.2, 0.25) is 0 Å². The number of carbonyl (C=O) groups is 3. The van der Waals surface area contributed by atoms with Gasteiger partial charge in [0.1, 0.15) is 23.9 Å². The number of hydrogen-bond acceptors (Lipinski definition) is 12. The summed E-state index contributed by atoms with van der Waals surface area (Å²) in [5.74, 6) is -6.84. The molecule has 256 valence electrons. The van der Waals surface area contributed by atoms with Gasteiger partial charge in [0.15, 0.2) is 12.1 Å². The number of aliphatic hydroxyl groups is 4. The molecule has 0 aromatic carbocycles. The van der Waals surface area contributed by atoms with Gasteiger partial charge in [-0.2, -0.15) is 0 Å². The second-order valence-corrected chi connectivity index (χ2v) is 13.6. The van der Waals surface area contributed by atoms with Crippen molar-refractivity contribution in [2.75, 3.05) is 7.11 Å². The van der Waals surface area contributed by atoms with Crippen LogP contribution in [0.3, 0.4) is 0 Å². The molecule has 12 nitrogen and oxygen atoms in total. The summed E-state index contributed by atoms with van der Waals surface area (Å²) in [6.45, 7) is 15.8. The maximum Gasteiger partial charge on any atom is 0.311 e. The molecular formula is C32H56O12. The average Bonchev–Trinajstić information content (AvgIpc) is 2.94. The van der Waals surface area contributed by atoms with E-state index in [9.17, 15) is 34.8 Å². The maximum atomic E-state index is 13.9. The van der Waals surface area contributed by atoms with E-state index in [-0.39, 0.29) is 12.5 Å². The highest BCUT2D eigenvalue weighted by Gasteiger charge is 2.49. The number of ether oxygens (including phenoxy) is 5. The van der Waals surface area contributed by atoms with Gasteiger partial charge in [0.05, 0.1) is 42.4 Å². The van der Waals surface area contributed by atoms with Crippen molar-refractivity contribution in [3.8, 4) is 0 Å². The van der Waals surface area contributed by atoms with Crippen molar-refractivity contribution < 1.29 is 58.5 Å². The second kappa shape index (κ2) is 15.8. The lowest BCUT2D eigenvalue weighted by molar-refractivity contribution is -0.294. The van der Waals surface area contributed by atoms with Crippen LogP contribution in [0.25, 0.3) is 0 Å². The fraction of sp³-hybridized carbons (Fsp3) is 0.906. The quantitative estimate of drug-likeness (QED) is 0.314. The van der Waals surface area contributed by atoms with Crippen LogP contribution in [0.4, 0.5) is 0 Å². The Hall–Kier alpha value is -1.67. The van der Waals surface area contributed by atoms with Crippen LogP contribution < -0.4 is 0 Å². The number of hydrogen-bond donors (Lipinski definition) is 4. The van der Waals surface area contributed by atoms with Crippen molar-refractivity contribution in [2.24, 2.45) is 35.5 Å². The average molecular weight is 633 g/mol. The molecule has 16 unspecified atom stereocenters. The van der Waals surface area contributed by atoms with E-state index in [1.807, 2.05) is 6.92 Å². The standard InChI is InChI=1S/C32H56O12/c1-14-13-32(10,39)29(37)20(7)28(42-22(9)34)19(6)27(16(3)21(8)33)43-30(38)18(5)24(35)17(4)26(14)44-31-25(36)23(40-11)12-15(2)41-31/h14-21,23-28,31,33,35-36,39H,12-13H2,1-11H3. The molecule has 0 radical (unpaired) electrons. The first-order valence-electron chi connectivity index (χ1n) is 15.8. The summed E-state index contributed by atoms with van der Waals surface area (Å²) in [6, 6.07) is 0. The number of methoxy groups -OCH3 is 1. The van der Waals surface area contributed by atoms with Gasteiger partial charge >= 0.3 is 11.9 Å². The van der Waals surface area contributed by atoms with Gasteiger partial charge in [-0.3, -0.25) is 14.4 Å². The van der Waals surface area contributed by atoms with Gasteiger partial charge in [-0.05, 0) is 40.0 Å². The lowest BCUT2D eigenvalue weighted by Gasteiger charge is -2.44. The van der Waals surface area contributed by atoms with Crippen LogP contribution in [-0.4, -0.2) is 106 Å². The third-order valence-electron chi connectivity index (χ3n) is 9.71. The highest BCUT2D eigenvalue weighted by atomic mass is 16.7. The van der Waals surface area contributed by atoms with Crippen LogP contribution in [0.2, 0.25) is 0 Å². The van der Waals surface area contributed by atoms with Gasteiger partial charge in [0, 0.05) is 38.2 Å². The van der Waals surface area contributed by atoms with Crippen molar-refractivity contribution in [2.45, 2.75) is 143 Å². The Morgan fingerprint density at radius 1 is 0.977 bits per heavy atom. The van der Waals surface area contributed by atoms with Crippen LogP contribution >= 0.6 is 0 Å². The third kappa shape index (κ3) is 8.98. The zero-order valence-electron chi connectivity index (χ0n) is 28.1. The highest BCUT2D eigenvalue weighted by Crippen LogP contribution is 2.37. The second-order valence-electron chi connectivity index (χ2n) is 13.6. The molecule has 44 heavy (non-hydrogen) atoms. The molecule has 0 aromatic heterocycles. The number of cyclic esters (lactones) is 1. The first kappa shape index (κ1) is 38.5. The van der Waals surface area contributed by atoms with Crippen molar-refractivity contribution in [3.63, 3.8) is 0 Å². The molecule has 0 spiro atoms. The number of Topliss-reactive ketones (excluding diaryl/α,β-unsaturated/α-hetero) is 1. The number of aliphatic hydroxyl groups excluding tert-OH is 3. The smallest absolute Gasteiger partial charge is 0.311 e. The van der Waals surface area contributed by atoms with E-state index in [1.165, 1.54) is 34.8 Å². The summed E-state index contributed by atoms with van der Waals surface area (Å²) in [5, 5.41) is 44.5. The fourth-order valence-corrected chi connectivity index (χ4v) is 6.81. The molecule has 0 aromatic rings. The van der Waals surface area contributed by atoms with E-state index in [1.54, 1.807) is 34.6 Å². The Morgan fingerprint density at radius 3 is 2.09 bits per heavy atom. The molecule has 2 heterocycles. The van der Waals surface area contributed by atoms with Gasteiger partial charge in [-0.15, -0.1) is 0 Å². The van der Waals surface area contributed by atoms with E-state index in [2.05, 4.69) is 0 Å². The number of ketones is 1. The van der Waals surface area contributed by atoms with E-state index in [4.69, 9.17) is 23.7 Å². The Kier molecular flexibility index (Phi) is 13.8. The SMILES string of the molecule is COC1CC(C)OC(OC2C(C)CC(C)(O)C(=O)C(C)C(OC(C)=O)C(C)C(C(C)C(C)O)OC(=O)C(C)C(O)C2C)C1O. The summed E-state index contributed by atoms with van der Waals surface area (Å²) in [4.78, 5) is 39.6. The largest absolute Gasteiger partial charge is 0.461 e. The van der Waals surface area contributed by atoms with Crippen molar-refractivity contribution >= 4 is 17.7 Å². The zero-order valence-corrected chi connectivity index (χ0v) is 28.1. The number of esters is 2. The van der Waals surface area contributed by atoms with Gasteiger partial charge in [-0.1, -0.05) is 34.6 Å². The molecule has 0 aliphatic carbocycles. The topological polar surface area (TPSA) is 178 Å². The third-order valence-corrected chi connectivity index (χ3v) is 9.71. The predicted molar refractivity (Wildman–Crippen MR) is 159 cm³/mol. The molecule has 2 saturated heterocycles. The van der Waals surface area contributed by atoms with Crippen LogP contribution in [0.15, 0.2) is 0 Å². The minimum absolute atomic E-state index is 0.114. The Labute approximate surface area is 261 Å². The van der Waals surface area contributed by atoms with Crippen molar-refractivity contribution in [1.82, 2.24) is 0 Å². The molecule has 12 heteroatoms. The minimum atomic E-state index is -1.92. The Balaban J connectivity index is 2.63. The zero-order chi connectivity index (χ0) is 33.8. The molecule has 2 rings (SSSR count). The monoisotopic (exact) mass is 632 g/mol. The van der Waals surface area contributed by atoms with E-state index in [0.717, 1.165) is 0 Å². The molecule has 0 saturated carbocycles. The van der Waals surface area contributed by atoms with Gasteiger partial charge in [0.25, 0.3) is 0 Å². The lowest BCUT2D eigenvalue weighted by atomic mass is 9.74. The Bertz CT molecular complexity index is 969. The number of carbonyl (C=O) groups excluding carboxylic acids is 3. The highest BCUT2D eigenvalue weighted by molar-refractivity contribution is 5.89. The first-order valence-corrected chi connectivity index (χ1v) is 15.8. The van der Waals surface area contributed by atoms with Crippen LogP contribution in [0.5, 0.6) is 0 Å². The fourth-order valence-electron chi connectivity index (χ4n) is 6.81. The summed E-state index contributed by atoms with van der Waals surface area (Å²) >= 11 is 0. The first-order chi connectivity index (χ1) is 20.2. The molecule has 16 atom stereocenters. The van der Waals surface area contributed by atoms with Crippen molar-refractivity contribution in [3.05, 3.63) is 0 Å². The maximum absolute atomic E-state index is 13.9. The summed E-state index contributed by atoms with van der Waals surface area (Å²) in [5.41, 5.74) is -1.92. The molecule has 0 bridgehead atoms. The molecular weight excluding hydrogens is 576 g/mol. The molecule has 2 aliphatic heterocycles. The van der Waals surface area contributed by atoms with Crippen LogP contribution in [0, 0.1) is 35.5 Å². The summed E-state index contributed by atoms with van der Waals surface area (Å²) in [7, 11) is 1.48. The molecule has 2 aliphatic rings.